The molecule has 1 atom stereocenters. The van der Waals surface area contributed by atoms with E-state index in [2.05, 4.69) is 15.3 Å². The number of amides is 1. The molecule has 2 aromatic rings. The Labute approximate surface area is 133 Å². The molecule has 1 aliphatic heterocycles. The summed E-state index contributed by atoms with van der Waals surface area (Å²) in [6.45, 7) is 1.32. The van der Waals surface area contributed by atoms with E-state index in [0.29, 0.717) is 13.2 Å². The standard InChI is InChI=1S/C16H19FN4O2/c1-21-7-6-19-15(21)14(11-3-8-23-9-4-11)20-16(22)12-2-5-18-10-13(12)17/h2,5-7,10-11,14H,3-4,8-9H2,1H3,(H,20,22). The lowest BCUT2D eigenvalue weighted by atomic mass is 9.90. The number of hydrogen-bond acceptors (Lipinski definition) is 4. The molecule has 1 amide bonds. The number of aromatic nitrogens is 3. The maximum atomic E-state index is 13.8. The molecule has 1 saturated heterocycles. The highest BCUT2D eigenvalue weighted by atomic mass is 19.1. The van der Waals surface area contributed by atoms with Crippen molar-refractivity contribution in [3.05, 3.63) is 48.1 Å². The number of aryl methyl sites for hydroxylation is 1. The zero-order valence-electron chi connectivity index (χ0n) is 12.9. The third-order valence-electron chi connectivity index (χ3n) is 4.18. The fourth-order valence-electron chi connectivity index (χ4n) is 2.90. The minimum Gasteiger partial charge on any atom is -0.381 e. The smallest absolute Gasteiger partial charge is 0.254 e. The van der Waals surface area contributed by atoms with Crippen molar-refractivity contribution in [1.82, 2.24) is 19.9 Å². The molecule has 0 aromatic carbocycles. The molecule has 1 N–H and O–H groups in total. The molecule has 2 aromatic heterocycles. The number of halogens is 1. The van der Waals surface area contributed by atoms with Gasteiger partial charge in [-0.1, -0.05) is 0 Å². The quantitative estimate of drug-likeness (QED) is 0.934. The summed E-state index contributed by atoms with van der Waals surface area (Å²) in [5, 5.41) is 2.94. The molecule has 0 spiro atoms. The Balaban J connectivity index is 1.85. The third kappa shape index (κ3) is 3.39. The van der Waals surface area contributed by atoms with Crippen LogP contribution in [-0.2, 0) is 11.8 Å². The number of hydrogen-bond donors (Lipinski definition) is 1. The van der Waals surface area contributed by atoms with Crippen LogP contribution in [0.1, 0.15) is 35.1 Å². The highest BCUT2D eigenvalue weighted by molar-refractivity contribution is 5.94. The molecule has 1 aliphatic rings. The SMILES string of the molecule is Cn1ccnc1C(NC(=O)c1ccncc1F)C1CCOCC1. The Morgan fingerprint density at radius 3 is 2.87 bits per heavy atom. The predicted molar refractivity (Wildman–Crippen MR) is 81.2 cm³/mol. The van der Waals surface area contributed by atoms with Crippen LogP contribution in [-0.4, -0.2) is 33.7 Å². The average molecular weight is 318 g/mol. The summed E-state index contributed by atoms with van der Waals surface area (Å²) < 4.78 is 21.1. The van der Waals surface area contributed by atoms with Gasteiger partial charge in [0.15, 0.2) is 5.82 Å². The van der Waals surface area contributed by atoms with E-state index in [4.69, 9.17) is 4.74 Å². The van der Waals surface area contributed by atoms with Crippen LogP contribution in [0.5, 0.6) is 0 Å². The Kier molecular flexibility index (Phi) is 4.66. The lowest BCUT2D eigenvalue weighted by Crippen LogP contribution is -2.37. The molecule has 7 heteroatoms. The van der Waals surface area contributed by atoms with Gasteiger partial charge in [0.25, 0.3) is 5.91 Å². The molecule has 3 rings (SSSR count). The first-order valence-corrected chi connectivity index (χ1v) is 7.62. The van der Waals surface area contributed by atoms with Crippen LogP contribution in [0.2, 0.25) is 0 Å². The average Bonchev–Trinajstić information content (AvgIpc) is 2.99. The van der Waals surface area contributed by atoms with Crippen LogP contribution < -0.4 is 5.32 Å². The number of carbonyl (C=O) groups is 1. The van der Waals surface area contributed by atoms with Crippen molar-refractivity contribution in [2.24, 2.45) is 13.0 Å². The van der Waals surface area contributed by atoms with Gasteiger partial charge in [-0.05, 0) is 24.8 Å². The molecule has 0 radical (unpaired) electrons. The van der Waals surface area contributed by atoms with Crippen molar-refractivity contribution in [2.75, 3.05) is 13.2 Å². The van der Waals surface area contributed by atoms with Crippen LogP contribution in [0.15, 0.2) is 30.9 Å². The van der Waals surface area contributed by atoms with Gasteiger partial charge < -0.3 is 14.6 Å². The van der Waals surface area contributed by atoms with E-state index in [9.17, 15) is 9.18 Å². The number of imidazole rings is 1. The number of carbonyl (C=O) groups excluding carboxylic acids is 1. The minimum atomic E-state index is -0.629. The van der Waals surface area contributed by atoms with Crippen molar-refractivity contribution in [1.29, 1.82) is 0 Å². The monoisotopic (exact) mass is 318 g/mol. The molecule has 3 heterocycles. The third-order valence-corrected chi connectivity index (χ3v) is 4.18. The Hall–Kier alpha value is -2.28. The largest absolute Gasteiger partial charge is 0.381 e. The summed E-state index contributed by atoms with van der Waals surface area (Å²) in [4.78, 5) is 20.5. The second-order valence-electron chi connectivity index (χ2n) is 5.65. The molecular weight excluding hydrogens is 299 g/mol. The summed E-state index contributed by atoms with van der Waals surface area (Å²) in [6.07, 6.45) is 7.64. The molecule has 0 saturated carbocycles. The summed E-state index contributed by atoms with van der Waals surface area (Å²) >= 11 is 0. The van der Waals surface area contributed by atoms with Gasteiger partial charge >= 0.3 is 0 Å². The Morgan fingerprint density at radius 1 is 1.43 bits per heavy atom. The van der Waals surface area contributed by atoms with Gasteiger partial charge in [0.2, 0.25) is 0 Å². The van der Waals surface area contributed by atoms with E-state index < -0.39 is 11.7 Å². The van der Waals surface area contributed by atoms with Crippen molar-refractivity contribution >= 4 is 5.91 Å². The van der Waals surface area contributed by atoms with Crippen LogP contribution in [0.25, 0.3) is 0 Å². The van der Waals surface area contributed by atoms with Gasteiger partial charge in [-0.2, -0.15) is 0 Å². The summed E-state index contributed by atoms with van der Waals surface area (Å²) in [6, 6.07) is 1.10. The number of nitrogens with zero attached hydrogens (tertiary/aromatic N) is 3. The maximum Gasteiger partial charge on any atom is 0.254 e. The first-order chi connectivity index (χ1) is 11.2. The number of pyridine rings is 1. The fraction of sp³-hybridized carbons (Fsp3) is 0.438. The van der Waals surface area contributed by atoms with Gasteiger partial charge in [0.05, 0.1) is 17.8 Å². The van der Waals surface area contributed by atoms with Crippen molar-refractivity contribution in [3.8, 4) is 0 Å². The lowest BCUT2D eigenvalue weighted by molar-refractivity contribution is 0.0498. The maximum absolute atomic E-state index is 13.8. The first-order valence-electron chi connectivity index (χ1n) is 7.62. The minimum absolute atomic E-state index is 0.00808. The zero-order valence-corrected chi connectivity index (χ0v) is 12.9. The molecule has 0 aliphatic carbocycles. The van der Waals surface area contributed by atoms with Crippen LogP contribution >= 0.6 is 0 Å². The number of ether oxygens (including phenoxy) is 1. The van der Waals surface area contributed by atoms with Gasteiger partial charge in [-0.15, -0.1) is 0 Å². The summed E-state index contributed by atoms with van der Waals surface area (Å²) in [7, 11) is 1.88. The second-order valence-corrected chi connectivity index (χ2v) is 5.65. The Morgan fingerprint density at radius 2 is 2.22 bits per heavy atom. The fourth-order valence-corrected chi connectivity index (χ4v) is 2.90. The predicted octanol–water partition coefficient (Wildman–Crippen LogP) is 1.85. The zero-order chi connectivity index (χ0) is 16.2. The molecule has 6 nitrogen and oxygen atoms in total. The lowest BCUT2D eigenvalue weighted by Gasteiger charge is -2.30. The molecule has 122 valence electrons. The van der Waals surface area contributed by atoms with Crippen LogP contribution in [0.3, 0.4) is 0 Å². The normalized spacial score (nSPS) is 17.0. The highest BCUT2D eigenvalue weighted by Crippen LogP contribution is 2.29. The van der Waals surface area contributed by atoms with E-state index >= 15 is 0 Å². The number of nitrogens with one attached hydrogen (secondary N) is 1. The van der Waals surface area contributed by atoms with E-state index in [1.807, 2.05) is 17.8 Å². The first kappa shape index (κ1) is 15.6. The molecule has 1 unspecified atom stereocenters. The van der Waals surface area contributed by atoms with Gasteiger partial charge in [-0.25, -0.2) is 9.37 Å². The van der Waals surface area contributed by atoms with Gasteiger partial charge in [0, 0.05) is 38.9 Å². The topological polar surface area (TPSA) is 69.0 Å². The number of rotatable bonds is 4. The Bertz CT molecular complexity index is 682. The van der Waals surface area contributed by atoms with Gasteiger partial charge in [-0.3, -0.25) is 9.78 Å². The van der Waals surface area contributed by atoms with E-state index in [1.165, 1.54) is 12.3 Å². The van der Waals surface area contributed by atoms with Crippen LogP contribution in [0.4, 0.5) is 4.39 Å². The van der Waals surface area contributed by atoms with E-state index in [-0.39, 0.29) is 17.5 Å². The summed E-state index contributed by atoms with van der Waals surface area (Å²) in [5.74, 6) is -0.113. The van der Waals surface area contributed by atoms with E-state index in [0.717, 1.165) is 24.9 Å². The molecule has 23 heavy (non-hydrogen) atoms. The molecule has 1 fully saturated rings. The van der Waals surface area contributed by atoms with Crippen molar-refractivity contribution in [2.45, 2.75) is 18.9 Å². The van der Waals surface area contributed by atoms with Crippen molar-refractivity contribution in [3.63, 3.8) is 0 Å². The van der Waals surface area contributed by atoms with Crippen LogP contribution in [0, 0.1) is 11.7 Å². The van der Waals surface area contributed by atoms with E-state index in [1.54, 1.807) is 6.20 Å². The highest BCUT2D eigenvalue weighted by Gasteiger charge is 2.30. The molecule has 0 bridgehead atoms. The molecular formula is C16H19FN4O2. The van der Waals surface area contributed by atoms with Gasteiger partial charge in [0.1, 0.15) is 5.82 Å². The summed E-state index contributed by atoms with van der Waals surface area (Å²) in [5.41, 5.74) is -0.00808. The second kappa shape index (κ2) is 6.87. The van der Waals surface area contributed by atoms with Crippen molar-refractivity contribution < 1.29 is 13.9 Å².